The average Bonchev–Trinajstić information content (AvgIpc) is 2.94. The van der Waals surface area contributed by atoms with Crippen molar-refractivity contribution in [2.75, 3.05) is 40.3 Å². The summed E-state index contributed by atoms with van der Waals surface area (Å²) in [4.78, 5) is 22.7. The number of likely N-dealkylation sites (N-methyl/N-ethyl adjacent to an activating group) is 1. The fraction of sp³-hybridized carbons (Fsp3) is 0.714. The Bertz CT molecular complexity index is 396. The number of hydrogen-bond donors (Lipinski definition) is 2. The smallest absolute Gasteiger partial charge is 0.236 e. The van der Waals surface area contributed by atoms with E-state index in [0.717, 1.165) is 38.9 Å². The van der Waals surface area contributed by atoms with Crippen LogP contribution in [0, 0.1) is 0 Å². The summed E-state index contributed by atoms with van der Waals surface area (Å²) in [5, 5.41) is 3.59. The highest BCUT2D eigenvalue weighted by Gasteiger charge is 2.20. The van der Waals surface area contributed by atoms with Gasteiger partial charge in [0.15, 0.2) is 0 Å². The summed E-state index contributed by atoms with van der Waals surface area (Å²) in [6, 6.07) is 0.573. The van der Waals surface area contributed by atoms with Gasteiger partial charge in [-0.25, -0.2) is 4.98 Å². The highest BCUT2D eigenvalue weighted by molar-refractivity contribution is 5.77. The molecule has 1 fully saturated rings. The van der Waals surface area contributed by atoms with E-state index < -0.39 is 0 Å². The van der Waals surface area contributed by atoms with Crippen molar-refractivity contribution in [1.82, 2.24) is 25.1 Å². The normalized spacial score (nSPS) is 17.3. The van der Waals surface area contributed by atoms with Gasteiger partial charge in [-0.05, 0) is 12.8 Å². The van der Waals surface area contributed by atoms with Crippen molar-refractivity contribution < 1.29 is 4.79 Å². The number of nitrogens with zero attached hydrogens (tertiary/aromatic N) is 3. The van der Waals surface area contributed by atoms with Gasteiger partial charge in [0.05, 0.1) is 12.9 Å². The van der Waals surface area contributed by atoms with Gasteiger partial charge >= 0.3 is 0 Å². The van der Waals surface area contributed by atoms with Crippen LogP contribution in [0.1, 0.15) is 18.5 Å². The number of aromatic nitrogens is 2. The van der Waals surface area contributed by atoms with Crippen LogP contribution < -0.4 is 5.32 Å². The van der Waals surface area contributed by atoms with E-state index >= 15 is 0 Å². The fourth-order valence-electron chi connectivity index (χ4n) is 2.46. The number of carbonyl (C=O) groups is 1. The van der Waals surface area contributed by atoms with E-state index in [4.69, 9.17) is 0 Å². The molecule has 1 aliphatic heterocycles. The summed E-state index contributed by atoms with van der Waals surface area (Å²) in [6.07, 6.45) is 6.80. The number of likely N-dealkylation sites (tertiary alicyclic amines) is 1. The molecule has 2 N–H and O–H groups in total. The second-order valence-corrected chi connectivity index (χ2v) is 5.62. The van der Waals surface area contributed by atoms with Crippen molar-refractivity contribution in [1.29, 1.82) is 0 Å². The molecule has 20 heavy (non-hydrogen) atoms. The summed E-state index contributed by atoms with van der Waals surface area (Å²) in [5.74, 6) is 0.190. The first-order chi connectivity index (χ1) is 9.65. The van der Waals surface area contributed by atoms with E-state index in [2.05, 4.69) is 20.2 Å². The lowest BCUT2D eigenvalue weighted by atomic mass is 10.0. The summed E-state index contributed by atoms with van der Waals surface area (Å²) < 4.78 is 0. The van der Waals surface area contributed by atoms with Crippen LogP contribution in [0.15, 0.2) is 12.5 Å². The minimum absolute atomic E-state index is 0.190. The molecule has 1 aromatic heterocycles. The number of hydrogen-bond acceptors (Lipinski definition) is 4. The molecule has 0 saturated carbocycles. The molecule has 6 nitrogen and oxygen atoms in total. The van der Waals surface area contributed by atoms with Crippen molar-refractivity contribution in [3.63, 3.8) is 0 Å². The van der Waals surface area contributed by atoms with Crippen molar-refractivity contribution >= 4 is 5.91 Å². The van der Waals surface area contributed by atoms with E-state index in [1.165, 1.54) is 5.69 Å². The van der Waals surface area contributed by atoms with Gasteiger partial charge in [-0.15, -0.1) is 0 Å². The SMILES string of the molecule is CN(C)C(=O)CN1CCC(NCCc2cnc[nH]2)CC1. The van der Waals surface area contributed by atoms with Gasteiger partial charge in [-0.2, -0.15) is 0 Å². The molecule has 0 spiro atoms. The van der Waals surface area contributed by atoms with Gasteiger partial charge in [-0.1, -0.05) is 0 Å². The van der Waals surface area contributed by atoms with Crippen LogP contribution >= 0.6 is 0 Å². The van der Waals surface area contributed by atoms with Crippen LogP contribution in [-0.4, -0.2) is 72.0 Å². The zero-order valence-electron chi connectivity index (χ0n) is 12.4. The number of imidazole rings is 1. The van der Waals surface area contributed by atoms with Crippen LogP contribution in [0.4, 0.5) is 0 Å². The minimum Gasteiger partial charge on any atom is -0.348 e. The fourth-order valence-corrected chi connectivity index (χ4v) is 2.46. The minimum atomic E-state index is 0.190. The number of carbonyl (C=O) groups excluding carboxylic acids is 1. The molecule has 0 bridgehead atoms. The Morgan fingerprint density at radius 1 is 1.50 bits per heavy atom. The standard InChI is InChI=1S/C14H25N5O/c1-18(2)14(20)10-19-7-4-12(5-8-19)16-6-3-13-9-15-11-17-13/h9,11-12,16H,3-8,10H2,1-2H3,(H,15,17). The van der Waals surface area contributed by atoms with Gasteiger partial charge in [0.2, 0.25) is 5.91 Å². The molecule has 2 heterocycles. The molecular formula is C14H25N5O. The van der Waals surface area contributed by atoms with Crippen molar-refractivity contribution in [2.24, 2.45) is 0 Å². The summed E-state index contributed by atoms with van der Waals surface area (Å²) >= 11 is 0. The van der Waals surface area contributed by atoms with Crippen LogP contribution in [0.2, 0.25) is 0 Å². The molecule has 0 unspecified atom stereocenters. The molecule has 0 radical (unpaired) electrons. The van der Waals surface area contributed by atoms with Crippen molar-refractivity contribution in [3.8, 4) is 0 Å². The maximum atomic E-state index is 11.7. The monoisotopic (exact) mass is 279 g/mol. The molecule has 1 saturated heterocycles. The molecule has 1 aliphatic rings. The summed E-state index contributed by atoms with van der Waals surface area (Å²) in [7, 11) is 3.62. The summed E-state index contributed by atoms with van der Waals surface area (Å²) in [6.45, 7) is 3.53. The Morgan fingerprint density at radius 2 is 2.25 bits per heavy atom. The van der Waals surface area contributed by atoms with Crippen LogP contribution in [0.25, 0.3) is 0 Å². The first kappa shape index (κ1) is 15.0. The maximum absolute atomic E-state index is 11.7. The van der Waals surface area contributed by atoms with Crippen LogP contribution in [0.3, 0.4) is 0 Å². The molecule has 1 aromatic rings. The van der Waals surface area contributed by atoms with Gasteiger partial charge < -0.3 is 15.2 Å². The molecule has 0 aliphatic carbocycles. The van der Waals surface area contributed by atoms with E-state index in [1.54, 1.807) is 11.2 Å². The molecular weight excluding hydrogens is 254 g/mol. The highest BCUT2D eigenvalue weighted by atomic mass is 16.2. The molecule has 2 rings (SSSR count). The Balaban J connectivity index is 1.60. The molecule has 112 valence electrons. The zero-order valence-corrected chi connectivity index (χ0v) is 12.4. The zero-order chi connectivity index (χ0) is 14.4. The average molecular weight is 279 g/mol. The Kier molecular flexibility index (Phi) is 5.55. The highest BCUT2D eigenvalue weighted by Crippen LogP contribution is 2.10. The van der Waals surface area contributed by atoms with Crippen molar-refractivity contribution in [3.05, 3.63) is 18.2 Å². The molecule has 0 atom stereocenters. The Labute approximate surface area is 120 Å². The number of piperidine rings is 1. The topological polar surface area (TPSA) is 64.3 Å². The van der Waals surface area contributed by atoms with E-state index in [9.17, 15) is 4.79 Å². The van der Waals surface area contributed by atoms with Gasteiger partial charge in [-0.3, -0.25) is 9.69 Å². The van der Waals surface area contributed by atoms with E-state index in [-0.39, 0.29) is 5.91 Å². The number of rotatable bonds is 6. The molecule has 0 aromatic carbocycles. The van der Waals surface area contributed by atoms with Crippen molar-refractivity contribution in [2.45, 2.75) is 25.3 Å². The lowest BCUT2D eigenvalue weighted by Gasteiger charge is -2.32. The lowest BCUT2D eigenvalue weighted by molar-refractivity contribution is -0.130. The van der Waals surface area contributed by atoms with Gasteiger partial charge in [0.1, 0.15) is 0 Å². The number of nitrogens with one attached hydrogen (secondary N) is 2. The second kappa shape index (κ2) is 7.40. The quantitative estimate of drug-likeness (QED) is 0.775. The number of aromatic amines is 1. The van der Waals surface area contributed by atoms with E-state index in [0.29, 0.717) is 12.6 Å². The lowest BCUT2D eigenvalue weighted by Crippen LogP contribution is -2.46. The van der Waals surface area contributed by atoms with E-state index in [1.807, 2.05) is 20.3 Å². The first-order valence-electron chi connectivity index (χ1n) is 7.28. The Morgan fingerprint density at radius 3 is 2.85 bits per heavy atom. The third-order valence-corrected chi connectivity index (χ3v) is 3.83. The third kappa shape index (κ3) is 4.61. The summed E-state index contributed by atoms with van der Waals surface area (Å²) in [5.41, 5.74) is 1.17. The van der Waals surface area contributed by atoms with Crippen LogP contribution in [0.5, 0.6) is 0 Å². The third-order valence-electron chi connectivity index (χ3n) is 3.83. The predicted molar refractivity (Wildman–Crippen MR) is 78.5 cm³/mol. The number of H-pyrrole nitrogens is 1. The first-order valence-corrected chi connectivity index (χ1v) is 7.28. The Hall–Kier alpha value is -1.40. The largest absolute Gasteiger partial charge is 0.348 e. The van der Waals surface area contributed by atoms with Crippen LogP contribution in [-0.2, 0) is 11.2 Å². The molecule has 1 amide bonds. The maximum Gasteiger partial charge on any atom is 0.236 e. The predicted octanol–water partition coefficient (Wildman–Crippen LogP) is 0.0944. The molecule has 6 heteroatoms. The van der Waals surface area contributed by atoms with Gasteiger partial charge in [0, 0.05) is 58.1 Å². The van der Waals surface area contributed by atoms with Gasteiger partial charge in [0.25, 0.3) is 0 Å². The number of amides is 1. The second-order valence-electron chi connectivity index (χ2n) is 5.62.